The number of aromatic nitrogens is 5. The first-order chi connectivity index (χ1) is 17.8. The third-order valence-electron chi connectivity index (χ3n) is 5.26. The summed E-state index contributed by atoms with van der Waals surface area (Å²) in [5.74, 6) is -2.95. The van der Waals surface area contributed by atoms with Crippen molar-refractivity contribution in [3.8, 4) is 22.9 Å². The van der Waals surface area contributed by atoms with Crippen molar-refractivity contribution >= 4 is 11.7 Å². The van der Waals surface area contributed by atoms with Crippen LogP contribution >= 0.6 is 0 Å². The average molecular weight is 544 g/mol. The largest absolute Gasteiger partial charge is 0.426 e. The molecule has 0 aliphatic heterocycles. The van der Waals surface area contributed by atoms with Gasteiger partial charge in [-0.1, -0.05) is 23.4 Å². The van der Waals surface area contributed by atoms with Crippen LogP contribution in [0, 0.1) is 5.82 Å². The fraction of sp³-hybridized carbons (Fsp3) is 0.227. The number of nitrogens with zero attached hydrogens (tertiary/aromatic N) is 5. The molecule has 0 aliphatic rings. The lowest BCUT2D eigenvalue weighted by atomic mass is 9.98. The van der Waals surface area contributed by atoms with E-state index in [1.54, 1.807) is 11.4 Å². The van der Waals surface area contributed by atoms with E-state index in [1.807, 2.05) is 0 Å². The van der Waals surface area contributed by atoms with Gasteiger partial charge < -0.3 is 14.9 Å². The van der Waals surface area contributed by atoms with Crippen molar-refractivity contribution in [3.63, 3.8) is 0 Å². The van der Waals surface area contributed by atoms with Crippen molar-refractivity contribution < 1.29 is 45.2 Å². The molecule has 0 fully saturated rings. The Balaban J connectivity index is 1.62. The number of anilines is 1. The Morgan fingerprint density at radius 3 is 2.37 bits per heavy atom. The van der Waals surface area contributed by atoms with Crippen LogP contribution in [0.25, 0.3) is 22.9 Å². The summed E-state index contributed by atoms with van der Waals surface area (Å²) in [5.41, 5.74) is -4.29. The van der Waals surface area contributed by atoms with Crippen LogP contribution in [0.3, 0.4) is 0 Å². The predicted molar refractivity (Wildman–Crippen MR) is 115 cm³/mol. The molecular weight excluding hydrogens is 529 g/mol. The van der Waals surface area contributed by atoms with Gasteiger partial charge in [0.1, 0.15) is 29.3 Å². The Hall–Kier alpha value is -4.34. The summed E-state index contributed by atoms with van der Waals surface area (Å²) in [6.45, 7) is -0.0568. The lowest BCUT2D eigenvalue weighted by molar-refractivity contribution is -0.366. The molecule has 0 unspecified atom stereocenters. The number of alkyl halides is 6. The zero-order valence-corrected chi connectivity index (χ0v) is 18.8. The van der Waals surface area contributed by atoms with Crippen LogP contribution in [-0.4, -0.2) is 53.9 Å². The Labute approximate surface area is 207 Å². The quantitative estimate of drug-likeness (QED) is 0.332. The molecule has 2 N–H and O–H groups in total. The summed E-state index contributed by atoms with van der Waals surface area (Å²) < 4.78 is 97.8. The van der Waals surface area contributed by atoms with Gasteiger partial charge in [0.05, 0.1) is 18.7 Å². The monoisotopic (exact) mass is 544 g/mol. The summed E-state index contributed by atoms with van der Waals surface area (Å²) in [6.07, 6.45) is -12.3. The Morgan fingerprint density at radius 1 is 1.03 bits per heavy atom. The van der Waals surface area contributed by atoms with E-state index in [9.17, 15) is 40.6 Å². The van der Waals surface area contributed by atoms with E-state index in [0.29, 0.717) is 11.4 Å². The van der Waals surface area contributed by atoms with E-state index in [4.69, 9.17) is 4.52 Å². The van der Waals surface area contributed by atoms with Crippen LogP contribution in [0.1, 0.15) is 12.0 Å². The second-order valence-corrected chi connectivity index (χ2v) is 7.89. The van der Waals surface area contributed by atoms with Gasteiger partial charge in [0.2, 0.25) is 5.91 Å². The van der Waals surface area contributed by atoms with E-state index < -0.39 is 41.9 Å². The molecule has 4 rings (SSSR count). The van der Waals surface area contributed by atoms with E-state index in [1.165, 1.54) is 41.3 Å². The number of hydrogen-bond acceptors (Lipinski definition) is 7. The summed E-state index contributed by atoms with van der Waals surface area (Å²) in [5, 5.41) is 19.1. The van der Waals surface area contributed by atoms with Gasteiger partial charge in [-0.05, 0) is 18.2 Å². The van der Waals surface area contributed by atoms with Crippen LogP contribution in [0.4, 0.5) is 36.6 Å². The molecule has 0 atom stereocenters. The number of nitrogens with one attached hydrogen (secondary N) is 1. The maximum absolute atomic E-state index is 14.2. The highest BCUT2D eigenvalue weighted by atomic mass is 19.4. The number of carbonyl (C=O) groups excluding carboxylic acids is 1. The highest BCUT2D eigenvalue weighted by molar-refractivity contribution is 5.90. The zero-order chi connectivity index (χ0) is 27.7. The van der Waals surface area contributed by atoms with Gasteiger partial charge >= 0.3 is 12.4 Å². The number of halogens is 7. The summed E-state index contributed by atoms with van der Waals surface area (Å²) in [4.78, 5) is 19.9. The molecule has 0 spiro atoms. The standard InChI is InChI=1S/C22H15F7N6O3/c23-13-4-2-1-3-12(13)11-35-16(14-6-8-38-34-14)9-15(33-35)19-30-7-5-17(32-19)31-18(36)10-20(37,21(24,25)26)22(27,28)29/h1-9,37H,10-11H2,(H,30,31,32,36). The number of amides is 1. The molecule has 4 aromatic rings. The Bertz CT molecular complexity index is 1420. The normalized spacial score (nSPS) is 12.5. The van der Waals surface area contributed by atoms with Crippen LogP contribution in [0.2, 0.25) is 0 Å². The third-order valence-corrected chi connectivity index (χ3v) is 5.26. The van der Waals surface area contributed by atoms with Crippen LogP contribution in [0.15, 0.2) is 59.4 Å². The van der Waals surface area contributed by atoms with Gasteiger partial charge in [-0.25, -0.2) is 14.4 Å². The first kappa shape index (κ1) is 26.7. The van der Waals surface area contributed by atoms with Crippen molar-refractivity contribution in [2.24, 2.45) is 0 Å². The second-order valence-electron chi connectivity index (χ2n) is 7.89. The molecule has 3 heterocycles. The summed E-state index contributed by atoms with van der Waals surface area (Å²) in [7, 11) is 0. The predicted octanol–water partition coefficient (Wildman–Crippen LogP) is 4.37. The van der Waals surface area contributed by atoms with Crippen LogP contribution in [-0.2, 0) is 11.3 Å². The third kappa shape index (κ3) is 5.34. The highest BCUT2D eigenvalue weighted by Gasteiger charge is 2.71. The van der Waals surface area contributed by atoms with Crippen LogP contribution in [0.5, 0.6) is 0 Å². The number of benzene rings is 1. The van der Waals surface area contributed by atoms with Gasteiger partial charge in [-0.15, -0.1) is 0 Å². The number of hydrogen-bond donors (Lipinski definition) is 2. The summed E-state index contributed by atoms with van der Waals surface area (Å²) in [6, 6.07) is 9.85. The molecule has 38 heavy (non-hydrogen) atoms. The number of rotatable bonds is 7. The fourth-order valence-electron chi connectivity index (χ4n) is 3.32. The minimum atomic E-state index is -6.16. The fourth-order valence-corrected chi connectivity index (χ4v) is 3.32. The molecule has 1 amide bonds. The Morgan fingerprint density at radius 2 is 1.74 bits per heavy atom. The molecule has 200 valence electrons. The average Bonchev–Trinajstić information content (AvgIpc) is 3.49. The molecule has 0 bridgehead atoms. The molecule has 1 aromatic carbocycles. The van der Waals surface area contributed by atoms with Gasteiger partial charge in [0.25, 0.3) is 5.60 Å². The molecule has 0 saturated carbocycles. The number of carbonyl (C=O) groups is 1. The van der Waals surface area contributed by atoms with Gasteiger partial charge in [0.15, 0.2) is 5.82 Å². The van der Waals surface area contributed by atoms with E-state index in [2.05, 4.69) is 20.2 Å². The molecule has 3 aromatic heterocycles. The van der Waals surface area contributed by atoms with Crippen LogP contribution < -0.4 is 5.32 Å². The Kier molecular flexibility index (Phi) is 6.92. The zero-order valence-electron chi connectivity index (χ0n) is 18.8. The highest BCUT2D eigenvalue weighted by Crippen LogP contribution is 2.45. The first-order valence-electron chi connectivity index (χ1n) is 10.5. The van der Waals surface area contributed by atoms with Gasteiger partial charge in [-0.2, -0.15) is 31.4 Å². The van der Waals surface area contributed by atoms with Crippen molar-refractivity contribution in [2.45, 2.75) is 30.9 Å². The number of aliphatic hydroxyl groups is 1. The summed E-state index contributed by atoms with van der Waals surface area (Å²) >= 11 is 0. The maximum atomic E-state index is 14.2. The molecule has 9 nitrogen and oxygen atoms in total. The molecule has 0 aliphatic carbocycles. The first-order valence-corrected chi connectivity index (χ1v) is 10.5. The lowest BCUT2D eigenvalue weighted by Crippen LogP contribution is -2.58. The molecule has 16 heteroatoms. The van der Waals surface area contributed by atoms with E-state index >= 15 is 0 Å². The maximum Gasteiger partial charge on any atom is 0.426 e. The van der Waals surface area contributed by atoms with Gasteiger partial charge in [-0.3, -0.25) is 9.48 Å². The lowest BCUT2D eigenvalue weighted by Gasteiger charge is -2.31. The molecule has 0 saturated heterocycles. The second kappa shape index (κ2) is 9.85. The van der Waals surface area contributed by atoms with Gasteiger partial charge in [0, 0.05) is 17.8 Å². The minimum absolute atomic E-state index is 0.0533. The minimum Gasteiger partial charge on any atom is -0.373 e. The topological polar surface area (TPSA) is 119 Å². The van der Waals surface area contributed by atoms with Crippen molar-refractivity contribution in [3.05, 3.63) is 66.3 Å². The van der Waals surface area contributed by atoms with Crippen molar-refractivity contribution in [1.82, 2.24) is 24.9 Å². The molecular formula is C22H15F7N6O3. The van der Waals surface area contributed by atoms with E-state index in [-0.39, 0.29) is 23.6 Å². The smallest absolute Gasteiger partial charge is 0.373 e. The SMILES string of the molecule is O=C(CC(O)(C(F)(F)F)C(F)(F)F)Nc1ccnc(-c2cc(-c3ccon3)n(Cc3ccccc3F)n2)n1. The molecule has 0 radical (unpaired) electrons. The van der Waals surface area contributed by atoms with Crippen molar-refractivity contribution in [2.75, 3.05) is 5.32 Å². The van der Waals surface area contributed by atoms with E-state index in [0.717, 1.165) is 12.3 Å². The van der Waals surface area contributed by atoms with Crippen molar-refractivity contribution in [1.29, 1.82) is 0 Å².